The summed E-state index contributed by atoms with van der Waals surface area (Å²) in [5.41, 5.74) is 5.37. The topological polar surface area (TPSA) is 43.1 Å². The van der Waals surface area contributed by atoms with Crippen LogP contribution in [-0.2, 0) is 4.79 Å². The van der Waals surface area contributed by atoms with E-state index in [0.717, 1.165) is 19.3 Å². The van der Waals surface area contributed by atoms with Gasteiger partial charge in [0.15, 0.2) is 5.78 Å². The number of Topliss-reactive ketones (excluding diaryl/α,β-unsaturated/α-hetero) is 1. The Hall–Kier alpha value is -0.630. The van der Waals surface area contributed by atoms with E-state index < -0.39 is 5.54 Å². The number of rotatable bonds is 3. The molecule has 2 N–H and O–H groups in total. The van der Waals surface area contributed by atoms with Crippen molar-refractivity contribution < 1.29 is 4.79 Å². The first-order valence-corrected chi connectivity index (χ1v) is 4.14. The molecule has 0 aromatic heterocycles. The van der Waals surface area contributed by atoms with Crippen molar-refractivity contribution in [1.29, 1.82) is 0 Å². The quantitative estimate of drug-likeness (QED) is 0.608. The van der Waals surface area contributed by atoms with E-state index in [-0.39, 0.29) is 11.7 Å². The van der Waals surface area contributed by atoms with E-state index in [1.165, 1.54) is 0 Å². The van der Waals surface area contributed by atoms with Gasteiger partial charge in [-0.25, -0.2) is 0 Å². The van der Waals surface area contributed by atoms with Crippen LogP contribution < -0.4 is 5.73 Å². The van der Waals surface area contributed by atoms with Crippen molar-refractivity contribution in [2.24, 2.45) is 17.6 Å². The number of hydrogen-bond donors (Lipinski definition) is 1. The van der Waals surface area contributed by atoms with Crippen LogP contribution in [-0.4, -0.2) is 11.3 Å². The largest absolute Gasteiger partial charge is 0.318 e. The van der Waals surface area contributed by atoms with Crippen LogP contribution >= 0.6 is 0 Å². The van der Waals surface area contributed by atoms with Crippen LogP contribution in [0.5, 0.6) is 0 Å². The van der Waals surface area contributed by atoms with E-state index >= 15 is 0 Å². The highest BCUT2D eigenvalue weighted by Crippen LogP contribution is 2.48. The Morgan fingerprint density at radius 2 is 2.27 bits per heavy atom. The zero-order valence-corrected chi connectivity index (χ0v) is 6.55. The highest BCUT2D eigenvalue weighted by Gasteiger charge is 2.58. The minimum atomic E-state index is -0.497. The van der Waals surface area contributed by atoms with Gasteiger partial charge < -0.3 is 5.73 Å². The Morgan fingerprint density at radius 3 is 2.64 bits per heavy atom. The van der Waals surface area contributed by atoms with E-state index in [2.05, 4.69) is 6.58 Å². The van der Waals surface area contributed by atoms with E-state index in [4.69, 9.17) is 5.73 Å². The van der Waals surface area contributed by atoms with Crippen molar-refractivity contribution >= 4 is 5.78 Å². The van der Waals surface area contributed by atoms with Gasteiger partial charge in [-0.1, -0.05) is 6.08 Å². The molecule has 0 aromatic rings. The molecule has 0 aliphatic heterocycles. The monoisotopic (exact) mass is 151 g/mol. The zero-order valence-electron chi connectivity index (χ0n) is 6.55. The van der Waals surface area contributed by atoms with Crippen LogP contribution in [0.4, 0.5) is 0 Å². The molecule has 0 radical (unpaired) electrons. The maximum atomic E-state index is 11.5. The minimum Gasteiger partial charge on any atom is -0.318 e. The highest BCUT2D eigenvalue weighted by molar-refractivity contribution is 5.95. The van der Waals surface area contributed by atoms with Gasteiger partial charge in [0.25, 0.3) is 0 Å². The number of nitrogens with two attached hydrogens (primary N) is 1. The molecule has 0 amide bonds. The lowest BCUT2D eigenvalue weighted by molar-refractivity contribution is -0.122. The molecule has 11 heavy (non-hydrogen) atoms. The fourth-order valence-electron chi connectivity index (χ4n) is 1.61. The van der Waals surface area contributed by atoms with Gasteiger partial charge in [0.1, 0.15) is 0 Å². The van der Waals surface area contributed by atoms with Gasteiger partial charge in [0.05, 0.1) is 5.54 Å². The average molecular weight is 151 g/mol. The minimum absolute atomic E-state index is 0.260. The Labute approximate surface area is 66.5 Å². The molecule has 0 bridgehead atoms. The molecule has 2 rings (SSSR count). The molecular formula is C9H13NO. The molecule has 0 saturated heterocycles. The van der Waals surface area contributed by atoms with Crippen molar-refractivity contribution in [3.63, 3.8) is 0 Å². The standard InChI is InChI=1S/C9H13NO/c1-2-7-5-9(7,10)8(11)6-3-4-6/h2,6-7H,1,3-5,10H2/t7-,9-/m1/s1. The van der Waals surface area contributed by atoms with Gasteiger partial charge in [-0.15, -0.1) is 6.58 Å². The molecule has 2 saturated carbocycles. The fraction of sp³-hybridized carbons (Fsp3) is 0.667. The van der Waals surface area contributed by atoms with Gasteiger partial charge in [-0.05, 0) is 19.3 Å². The summed E-state index contributed by atoms with van der Waals surface area (Å²) in [6.45, 7) is 3.65. The predicted molar refractivity (Wildman–Crippen MR) is 43.0 cm³/mol. The molecule has 60 valence electrons. The molecule has 0 spiro atoms. The number of carbonyl (C=O) groups is 1. The molecule has 2 aliphatic carbocycles. The normalized spacial score (nSPS) is 41.7. The third-order valence-electron chi connectivity index (χ3n) is 2.75. The van der Waals surface area contributed by atoms with Crippen molar-refractivity contribution in [2.75, 3.05) is 0 Å². The van der Waals surface area contributed by atoms with Crippen molar-refractivity contribution in [2.45, 2.75) is 24.8 Å². The van der Waals surface area contributed by atoms with Gasteiger partial charge in [-0.3, -0.25) is 4.79 Å². The molecular weight excluding hydrogens is 138 g/mol. The van der Waals surface area contributed by atoms with Crippen LogP contribution in [0.25, 0.3) is 0 Å². The molecule has 2 aliphatic rings. The lowest BCUT2D eigenvalue weighted by Gasteiger charge is -2.06. The van der Waals surface area contributed by atoms with E-state index in [1.54, 1.807) is 6.08 Å². The number of hydrogen-bond acceptors (Lipinski definition) is 2. The van der Waals surface area contributed by atoms with Gasteiger partial charge in [0.2, 0.25) is 0 Å². The molecule has 2 atom stereocenters. The van der Waals surface area contributed by atoms with Crippen LogP contribution in [0.15, 0.2) is 12.7 Å². The summed E-state index contributed by atoms with van der Waals surface area (Å²) in [6, 6.07) is 0. The Balaban J connectivity index is 2.04. The summed E-state index contributed by atoms with van der Waals surface area (Å²) in [5, 5.41) is 0. The second-order valence-corrected chi connectivity index (χ2v) is 3.73. The maximum Gasteiger partial charge on any atom is 0.156 e. The van der Waals surface area contributed by atoms with Gasteiger partial charge in [-0.2, -0.15) is 0 Å². The first-order chi connectivity index (χ1) is 5.18. The summed E-state index contributed by atoms with van der Waals surface area (Å²) in [7, 11) is 0. The first kappa shape index (κ1) is 7.04. The smallest absolute Gasteiger partial charge is 0.156 e. The third kappa shape index (κ3) is 0.932. The molecule has 0 unspecified atom stereocenters. The second-order valence-electron chi connectivity index (χ2n) is 3.73. The van der Waals surface area contributed by atoms with E-state index in [0.29, 0.717) is 5.92 Å². The number of ketones is 1. The molecule has 0 heterocycles. The SMILES string of the molecule is C=C[C@@H]1C[C@]1(N)C(=O)C1CC1. The Kier molecular flexibility index (Phi) is 1.25. The summed E-state index contributed by atoms with van der Waals surface area (Å²) in [6.07, 6.45) is 4.75. The molecule has 2 nitrogen and oxygen atoms in total. The summed E-state index contributed by atoms with van der Waals surface area (Å²) < 4.78 is 0. The lowest BCUT2D eigenvalue weighted by atomic mass is 10.1. The van der Waals surface area contributed by atoms with Crippen LogP contribution in [0, 0.1) is 11.8 Å². The van der Waals surface area contributed by atoms with E-state index in [1.807, 2.05) is 0 Å². The maximum absolute atomic E-state index is 11.5. The molecule has 2 heteroatoms. The van der Waals surface area contributed by atoms with Crippen molar-refractivity contribution in [3.05, 3.63) is 12.7 Å². The fourth-order valence-corrected chi connectivity index (χ4v) is 1.61. The summed E-state index contributed by atoms with van der Waals surface area (Å²) in [5.74, 6) is 0.836. The van der Waals surface area contributed by atoms with Crippen LogP contribution in [0.2, 0.25) is 0 Å². The van der Waals surface area contributed by atoms with Gasteiger partial charge >= 0.3 is 0 Å². The predicted octanol–water partition coefficient (Wildman–Crippen LogP) is 0.869. The third-order valence-corrected chi connectivity index (χ3v) is 2.75. The molecule has 0 aromatic carbocycles. The highest BCUT2D eigenvalue weighted by atomic mass is 16.1. The molecule has 2 fully saturated rings. The van der Waals surface area contributed by atoms with Crippen LogP contribution in [0.1, 0.15) is 19.3 Å². The van der Waals surface area contributed by atoms with Crippen LogP contribution in [0.3, 0.4) is 0 Å². The average Bonchev–Trinajstić information content (AvgIpc) is 2.79. The van der Waals surface area contributed by atoms with Crippen molar-refractivity contribution in [1.82, 2.24) is 0 Å². The Bertz CT molecular complexity index is 220. The van der Waals surface area contributed by atoms with Crippen molar-refractivity contribution in [3.8, 4) is 0 Å². The summed E-state index contributed by atoms with van der Waals surface area (Å²) >= 11 is 0. The Morgan fingerprint density at radius 1 is 1.64 bits per heavy atom. The van der Waals surface area contributed by atoms with E-state index in [9.17, 15) is 4.79 Å². The summed E-state index contributed by atoms with van der Waals surface area (Å²) in [4.78, 5) is 11.5. The first-order valence-electron chi connectivity index (χ1n) is 4.14. The zero-order chi connectivity index (χ0) is 8.06. The number of carbonyl (C=O) groups excluding carboxylic acids is 1. The van der Waals surface area contributed by atoms with Gasteiger partial charge in [0, 0.05) is 11.8 Å². The lowest BCUT2D eigenvalue weighted by Crippen LogP contribution is -2.36. The second kappa shape index (κ2) is 1.95.